The first-order chi connectivity index (χ1) is 21.0. The van der Waals surface area contributed by atoms with Gasteiger partial charge >= 0.3 is 0 Å². The van der Waals surface area contributed by atoms with Crippen LogP contribution in [0.25, 0.3) is 22.1 Å². The summed E-state index contributed by atoms with van der Waals surface area (Å²) in [6, 6.07) is 23.2. The lowest BCUT2D eigenvalue weighted by molar-refractivity contribution is 0.0687. The number of hydrogen-bond donors (Lipinski definition) is 2. The Morgan fingerprint density at radius 2 is 1.70 bits per heavy atom. The molecule has 0 bridgehead atoms. The van der Waals surface area contributed by atoms with E-state index in [1.54, 1.807) is 0 Å². The van der Waals surface area contributed by atoms with Crippen molar-refractivity contribution in [1.29, 1.82) is 0 Å². The van der Waals surface area contributed by atoms with Gasteiger partial charge in [-0.2, -0.15) is 0 Å². The average molecular weight is 580 g/mol. The first kappa shape index (κ1) is 30.6. The Labute approximate surface area is 255 Å². The number of ether oxygens (including phenoxy) is 1. The Balaban J connectivity index is 1.17. The van der Waals surface area contributed by atoms with Crippen molar-refractivity contribution in [3.63, 3.8) is 0 Å². The van der Waals surface area contributed by atoms with Crippen LogP contribution in [-0.2, 0) is 24.2 Å². The zero-order valence-corrected chi connectivity index (χ0v) is 25.8. The van der Waals surface area contributed by atoms with Gasteiger partial charge in [-0.15, -0.1) is 0 Å². The summed E-state index contributed by atoms with van der Waals surface area (Å²) < 4.78 is 8.66. The summed E-state index contributed by atoms with van der Waals surface area (Å²) in [5.74, 6) is 1.56. The van der Waals surface area contributed by atoms with Crippen LogP contribution in [0.1, 0.15) is 61.2 Å². The van der Waals surface area contributed by atoms with Crippen LogP contribution in [0.4, 0.5) is 5.82 Å². The van der Waals surface area contributed by atoms with E-state index in [4.69, 9.17) is 15.5 Å². The van der Waals surface area contributed by atoms with E-state index < -0.39 is 0 Å². The van der Waals surface area contributed by atoms with Gasteiger partial charge < -0.3 is 25.3 Å². The molecule has 0 fully saturated rings. The number of rotatable bonds is 16. The van der Waals surface area contributed by atoms with Crippen LogP contribution in [0.5, 0.6) is 0 Å². The van der Waals surface area contributed by atoms with E-state index >= 15 is 0 Å². The first-order valence-corrected chi connectivity index (χ1v) is 15.5. The molecule has 3 aromatic heterocycles. The van der Waals surface area contributed by atoms with Crippen molar-refractivity contribution in [3.8, 4) is 0 Å². The summed E-state index contributed by atoms with van der Waals surface area (Å²) in [5.41, 5.74) is 13.4. The molecule has 0 aliphatic carbocycles. The smallest absolute Gasteiger partial charge is 0.152 e. The maximum Gasteiger partial charge on any atom is 0.152 e. The molecule has 0 saturated heterocycles. The summed E-state index contributed by atoms with van der Waals surface area (Å²) in [4.78, 5) is 16.3. The fourth-order valence-electron chi connectivity index (χ4n) is 5.47. The molecule has 226 valence electrons. The van der Waals surface area contributed by atoms with Crippen molar-refractivity contribution in [2.24, 2.45) is 0 Å². The van der Waals surface area contributed by atoms with Gasteiger partial charge in [0.1, 0.15) is 28.5 Å². The highest BCUT2D eigenvalue weighted by molar-refractivity contribution is 6.04. The molecule has 2 aromatic carbocycles. The minimum atomic E-state index is -0.0666. The number of unbranched alkanes of at least 4 members (excludes halogenated alkanes) is 2. The second-order valence-electron chi connectivity index (χ2n) is 11.4. The number of pyridine rings is 2. The number of nitrogen functional groups attached to an aromatic ring is 1. The number of nitrogens with two attached hydrogens (primary N) is 1. The molecule has 0 spiro atoms. The number of aryl methyl sites for hydroxylation is 2. The summed E-state index contributed by atoms with van der Waals surface area (Å²) >= 11 is 0. The van der Waals surface area contributed by atoms with Crippen LogP contribution in [0.3, 0.4) is 0 Å². The molecular weight excluding hydrogens is 534 g/mol. The lowest BCUT2D eigenvalue weighted by atomic mass is 10.00. The van der Waals surface area contributed by atoms with E-state index in [2.05, 4.69) is 94.3 Å². The molecule has 3 N–H and O–H groups in total. The standard InChI is InChI=1S/C35H45N7O/c1-4-5-15-30-40-32-33(31-29(39-35(32)36)14-11-21-38-31)42(30)22-10-9-20-37-25-26-16-18-28(19-17-26)34(43-24-23-41(2)3)27-12-7-6-8-13-27/h6-8,11-14,16-19,21,34,37H,4-5,9-10,15,20,22-25H2,1-3H3,(H2,36,39). The Kier molecular flexibility index (Phi) is 10.7. The van der Waals surface area contributed by atoms with Crippen molar-refractivity contribution in [3.05, 3.63) is 95.4 Å². The average Bonchev–Trinajstić information content (AvgIpc) is 3.40. The van der Waals surface area contributed by atoms with Crippen molar-refractivity contribution in [1.82, 2.24) is 29.7 Å². The number of anilines is 1. The lowest BCUT2D eigenvalue weighted by Gasteiger charge is -2.20. The summed E-state index contributed by atoms with van der Waals surface area (Å²) in [5, 5.41) is 3.63. The zero-order valence-electron chi connectivity index (χ0n) is 25.8. The van der Waals surface area contributed by atoms with Crippen LogP contribution in [0, 0.1) is 0 Å². The molecule has 5 aromatic rings. The largest absolute Gasteiger partial charge is 0.382 e. The Morgan fingerprint density at radius 1 is 0.907 bits per heavy atom. The van der Waals surface area contributed by atoms with E-state index in [1.807, 2.05) is 24.4 Å². The maximum absolute atomic E-state index is 6.34. The van der Waals surface area contributed by atoms with Gasteiger partial charge in [0, 0.05) is 32.3 Å². The minimum absolute atomic E-state index is 0.0666. The van der Waals surface area contributed by atoms with Crippen molar-refractivity contribution >= 4 is 27.9 Å². The van der Waals surface area contributed by atoms with E-state index in [1.165, 1.54) is 16.7 Å². The number of fused-ring (bicyclic) bond motifs is 3. The van der Waals surface area contributed by atoms with E-state index in [0.717, 1.165) is 86.2 Å². The molecule has 0 saturated carbocycles. The number of likely N-dealkylation sites (N-methyl/N-ethyl adjacent to an activating group) is 1. The Morgan fingerprint density at radius 3 is 2.47 bits per heavy atom. The maximum atomic E-state index is 6.34. The minimum Gasteiger partial charge on any atom is -0.382 e. The summed E-state index contributed by atoms with van der Waals surface area (Å²) in [6.07, 6.45) is 7.00. The van der Waals surface area contributed by atoms with Gasteiger partial charge in [0.25, 0.3) is 0 Å². The normalized spacial score (nSPS) is 12.5. The van der Waals surface area contributed by atoms with Gasteiger partial charge in [-0.25, -0.2) is 9.97 Å². The third-order valence-corrected chi connectivity index (χ3v) is 7.82. The van der Waals surface area contributed by atoms with E-state index in [9.17, 15) is 0 Å². The highest BCUT2D eigenvalue weighted by atomic mass is 16.5. The van der Waals surface area contributed by atoms with Gasteiger partial charge in [-0.1, -0.05) is 67.9 Å². The highest BCUT2D eigenvalue weighted by Crippen LogP contribution is 2.29. The van der Waals surface area contributed by atoms with Crippen molar-refractivity contribution in [2.75, 3.05) is 39.5 Å². The van der Waals surface area contributed by atoms with Gasteiger partial charge in [-0.05, 0) is 68.7 Å². The third kappa shape index (κ3) is 7.76. The fourth-order valence-corrected chi connectivity index (χ4v) is 5.47. The number of nitrogens with one attached hydrogen (secondary N) is 1. The quantitative estimate of drug-likeness (QED) is 0.136. The van der Waals surface area contributed by atoms with E-state index in [0.29, 0.717) is 12.4 Å². The van der Waals surface area contributed by atoms with Crippen LogP contribution in [0.2, 0.25) is 0 Å². The molecule has 5 rings (SSSR count). The number of imidazole rings is 1. The molecule has 0 radical (unpaired) electrons. The molecule has 8 heteroatoms. The number of benzene rings is 2. The van der Waals surface area contributed by atoms with Gasteiger partial charge in [0.05, 0.1) is 12.1 Å². The molecule has 1 unspecified atom stereocenters. The molecule has 3 heterocycles. The number of nitrogens with zero attached hydrogens (tertiary/aromatic N) is 5. The Hall–Kier alpha value is -3.85. The van der Waals surface area contributed by atoms with Crippen molar-refractivity contribution in [2.45, 2.75) is 58.2 Å². The predicted octanol–water partition coefficient (Wildman–Crippen LogP) is 6.14. The third-order valence-electron chi connectivity index (χ3n) is 7.82. The van der Waals surface area contributed by atoms with Crippen LogP contribution in [-0.4, -0.2) is 58.2 Å². The van der Waals surface area contributed by atoms with Gasteiger partial charge in [0.2, 0.25) is 0 Å². The van der Waals surface area contributed by atoms with Crippen molar-refractivity contribution < 1.29 is 4.74 Å². The molecule has 1 atom stereocenters. The van der Waals surface area contributed by atoms with Gasteiger partial charge in [0.15, 0.2) is 5.82 Å². The fraction of sp³-hybridized carbons (Fsp3) is 0.400. The highest BCUT2D eigenvalue weighted by Gasteiger charge is 2.18. The predicted molar refractivity (Wildman–Crippen MR) is 176 cm³/mol. The van der Waals surface area contributed by atoms with E-state index in [-0.39, 0.29) is 6.10 Å². The first-order valence-electron chi connectivity index (χ1n) is 15.5. The van der Waals surface area contributed by atoms with Crippen LogP contribution in [0.15, 0.2) is 72.9 Å². The SMILES string of the molecule is CCCCc1nc2c(N)nc3cccnc3c2n1CCCCNCc1ccc(C(OCCN(C)C)c2ccccc2)cc1. The lowest BCUT2D eigenvalue weighted by Crippen LogP contribution is -2.20. The molecule has 0 aliphatic heterocycles. The molecule has 43 heavy (non-hydrogen) atoms. The van der Waals surface area contributed by atoms with Gasteiger partial charge in [-0.3, -0.25) is 4.98 Å². The molecular formula is C35H45N7O. The van der Waals surface area contributed by atoms with Crippen LogP contribution < -0.4 is 11.1 Å². The summed E-state index contributed by atoms with van der Waals surface area (Å²) in [7, 11) is 4.14. The number of hydrogen-bond acceptors (Lipinski definition) is 7. The molecule has 8 nitrogen and oxygen atoms in total. The zero-order chi connectivity index (χ0) is 30.0. The second-order valence-corrected chi connectivity index (χ2v) is 11.4. The number of aromatic nitrogens is 4. The second kappa shape index (κ2) is 15.0. The molecule has 0 amide bonds. The van der Waals surface area contributed by atoms with Crippen LogP contribution >= 0.6 is 0 Å². The molecule has 0 aliphatic rings. The monoisotopic (exact) mass is 579 g/mol. The summed E-state index contributed by atoms with van der Waals surface area (Å²) in [6.45, 7) is 6.45. The topological polar surface area (TPSA) is 94.1 Å². The Bertz CT molecular complexity index is 1580.